The van der Waals surface area contributed by atoms with Gasteiger partial charge >= 0.3 is 0 Å². The Balaban J connectivity index is 3.45. The number of amides is 1. The van der Waals surface area contributed by atoms with Gasteiger partial charge in [-0.2, -0.15) is 0 Å². The maximum absolute atomic E-state index is 12.5. The number of aliphatic hydroxyl groups excluding tert-OH is 2. The SMILES string of the molecule is CCCCCCCCCC/C=C\CCCCCCCCCCCCCCCCCCCC(=O)NC(CO)C(O)/C=C/CCCCCCCCCCCCCCCCCCCCCC. The van der Waals surface area contributed by atoms with E-state index in [-0.39, 0.29) is 12.5 Å². The summed E-state index contributed by atoms with van der Waals surface area (Å²) < 4.78 is 0. The minimum atomic E-state index is -0.837. The van der Waals surface area contributed by atoms with E-state index in [0.29, 0.717) is 6.42 Å². The number of aliphatic hydroxyl groups is 2. The average molecular weight is 887 g/mol. The number of nitrogens with one attached hydrogen (secondary N) is 1. The Bertz CT molecular complexity index is 916. The first-order chi connectivity index (χ1) is 31.2. The predicted molar refractivity (Wildman–Crippen MR) is 281 cm³/mol. The smallest absolute Gasteiger partial charge is 0.220 e. The average Bonchev–Trinajstić information content (AvgIpc) is 3.29. The second-order valence-corrected chi connectivity index (χ2v) is 20.1. The number of hydrogen-bond acceptors (Lipinski definition) is 3. The molecule has 0 saturated heterocycles. The van der Waals surface area contributed by atoms with Gasteiger partial charge in [0.15, 0.2) is 0 Å². The Hall–Kier alpha value is -1.13. The van der Waals surface area contributed by atoms with Gasteiger partial charge in [-0.05, 0) is 44.9 Å². The largest absolute Gasteiger partial charge is 0.394 e. The van der Waals surface area contributed by atoms with Gasteiger partial charge in [0.05, 0.1) is 18.8 Å². The summed E-state index contributed by atoms with van der Waals surface area (Å²) in [7, 11) is 0. The minimum Gasteiger partial charge on any atom is -0.394 e. The van der Waals surface area contributed by atoms with Crippen LogP contribution in [0.15, 0.2) is 24.3 Å². The Morgan fingerprint density at radius 1 is 0.365 bits per heavy atom. The maximum Gasteiger partial charge on any atom is 0.220 e. The molecule has 4 heteroatoms. The number of hydrogen-bond donors (Lipinski definition) is 3. The molecule has 2 unspecified atom stereocenters. The van der Waals surface area contributed by atoms with Crippen LogP contribution >= 0.6 is 0 Å². The second-order valence-electron chi connectivity index (χ2n) is 20.1. The van der Waals surface area contributed by atoms with Gasteiger partial charge in [0, 0.05) is 6.42 Å². The van der Waals surface area contributed by atoms with Gasteiger partial charge in [-0.15, -0.1) is 0 Å². The molecule has 1 amide bonds. The minimum absolute atomic E-state index is 0.0572. The summed E-state index contributed by atoms with van der Waals surface area (Å²) in [4.78, 5) is 12.5. The maximum atomic E-state index is 12.5. The molecule has 3 N–H and O–H groups in total. The molecule has 0 heterocycles. The van der Waals surface area contributed by atoms with Crippen molar-refractivity contribution in [1.29, 1.82) is 0 Å². The standard InChI is InChI=1S/C59H115NO3/c1-3-5-7-9-11-13-15-17-19-21-23-25-27-28-29-30-31-32-33-35-37-39-41-43-45-47-49-51-53-55-59(63)60-57(56-61)58(62)54-52-50-48-46-44-42-40-38-36-34-26-24-22-20-18-16-14-12-10-8-6-4-2/h21,23,52,54,57-58,61-62H,3-20,22,24-51,53,55-56H2,1-2H3,(H,60,63)/b23-21-,54-52+. The predicted octanol–water partition coefficient (Wildman–Crippen LogP) is 19.1. The van der Waals surface area contributed by atoms with Crippen LogP contribution < -0.4 is 5.32 Å². The van der Waals surface area contributed by atoms with E-state index in [9.17, 15) is 15.0 Å². The molecule has 0 saturated carbocycles. The summed E-state index contributed by atoms with van der Waals surface area (Å²) in [6, 6.07) is -0.620. The van der Waals surface area contributed by atoms with Crippen molar-refractivity contribution < 1.29 is 15.0 Å². The van der Waals surface area contributed by atoms with E-state index in [1.807, 2.05) is 6.08 Å². The molecule has 0 fully saturated rings. The third-order valence-electron chi connectivity index (χ3n) is 13.7. The highest BCUT2D eigenvalue weighted by molar-refractivity contribution is 5.76. The van der Waals surface area contributed by atoms with Crippen LogP contribution in [0.3, 0.4) is 0 Å². The lowest BCUT2D eigenvalue weighted by Crippen LogP contribution is -2.45. The van der Waals surface area contributed by atoms with Gasteiger partial charge in [-0.25, -0.2) is 0 Å². The molecule has 0 bridgehead atoms. The van der Waals surface area contributed by atoms with Crippen LogP contribution in [0.1, 0.15) is 328 Å². The summed E-state index contributed by atoms with van der Waals surface area (Å²) >= 11 is 0. The van der Waals surface area contributed by atoms with Crippen LogP contribution in [0.2, 0.25) is 0 Å². The molecule has 2 atom stereocenters. The number of carbonyl (C=O) groups excluding carboxylic acids is 1. The zero-order valence-electron chi connectivity index (χ0n) is 43.1. The van der Waals surface area contributed by atoms with E-state index in [1.165, 1.54) is 283 Å². The monoisotopic (exact) mass is 886 g/mol. The fourth-order valence-electron chi connectivity index (χ4n) is 9.24. The van der Waals surface area contributed by atoms with Crippen LogP contribution in [0.4, 0.5) is 0 Å². The van der Waals surface area contributed by atoms with Crippen molar-refractivity contribution in [3.8, 4) is 0 Å². The van der Waals surface area contributed by atoms with E-state index in [0.717, 1.165) is 25.7 Å². The summed E-state index contributed by atoms with van der Waals surface area (Å²) in [5.41, 5.74) is 0. The molecule has 0 aromatic heterocycles. The van der Waals surface area contributed by atoms with E-state index in [4.69, 9.17) is 0 Å². The molecule has 4 nitrogen and oxygen atoms in total. The molecule has 0 aliphatic carbocycles. The highest BCUT2D eigenvalue weighted by Gasteiger charge is 2.18. The quantitative estimate of drug-likeness (QED) is 0.0421. The lowest BCUT2D eigenvalue weighted by atomic mass is 10.0. The summed E-state index contributed by atoms with van der Waals surface area (Å²) in [5, 5.41) is 23.2. The van der Waals surface area contributed by atoms with Gasteiger partial charge in [-0.3, -0.25) is 4.79 Å². The topological polar surface area (TPSA) is 69.6 Å². The molecule has 0 aromatic rings. The van der Waals surface area contributed by atoms with Gasteiger partial charge in [0.1, 0.15) is 0 Å². The Morgan fingerprint density at radius 2 is 0.603 bits per heavy atom. The number of allylic oxidation sites excluding steroid dienone is 3. The van der Waals surface area contributed by atoms with Crippen molar-refractivity contribution in [3.05, 3.63) is 24.3 Å². The lowest BCUT2D eigenvalue weighted by molar-refractivity contribution is -0.123. The Labute approximate surface area is 396 Å². The molecule has 0 spiro atoms. The molecule has 0 radical (unpaired) electrons. The molecule has 0 aromatic carbocycles. The molecular formula is C59H115NO3. The first-order valence-corrected chi connectivity index (χ1v) is 29.1. The fraction of sp³-hybridized carbons (Fsp3) is 0.915. The van der Waals surface area contributed by atoms with E-state index in [1.54, 1.807) is 6.08 Å². The third-order valence-corrected chi connectivity index (χ3v) is 13.7. The zero-order chi connectivity index (χ0) is 45.6. The molecule has 0 aliphatic rings. The molecule has 63 heavy (non-hydrogen) atoms. The summed E-state index contributed by atoms with van der Waals surface area (Å²) in [6.45, 7) is 4.35. The summed E-state index contributed by atoms with van der Waals surface area (Å²) in [5.74, 6) is -0.0572. The molecular weight excluding hydrogens is 771 g/mol. The number of carbonyl (C=O) groups is 1. The van der Waals surface area contributed by atoms with Gasteiger partial charge in [0.2, 0.25) is 5.91 Å². The van der Waals surface area contributed by atoms with Crippen molar-refractivity contribution in [3.63, 3.8) is 0 Å². The van der Waals surface area contributed by atoms with Crippen molar-refractivity contribution in [1.82, 2.24) is 5.32 Å². The zero-order valence-corrected chi connectivity index (χ0v) is 43.1. The van der Waals surface area contributed by atoms with E-state index >= 15 is 0 Å². The Kier molecular flexibility index (Phi) is 54.2. The van der Waals surface area contributed by atoms with Crippen LogP contribution in [0.25, 0.3) is 0 Å². The molecule has 374 valence electrons. The lowest BCUT2D eigenvalue weighted by Gasteiger charge is -2.20. The van der Waals surface area contributed by atoms with Gasteiger partial charge < -0.3 is 15.5 Å². The fourth-order valence-corrected chi connectivity index (χ4v) is 9.24. The van der Waals surface area contributed by atoms with Gasteiger partial charge in [0.25, 0.3) is 0 Å². The first kappa shape index (κ1) is 61.9. The van der Waals surface area contributed by atoms with Crippen LogP contribution in [0.5, 0.6) is 0 Å². The third kappa shape index (κ3) is 51.7. The second kappa shape index (κ2) is 55.2. The van der Waals surface area contributed by atoms with Crippen LogP contribution in [0, 0.1) is 0 Å². The van der Waals surface area contributed by atoms with Gasteiger partial charge in [-0.1, -0.05) is 301 Å². The van der Waals surface area contributed by atoms with Crippen molar-refractivity contribution >= 4 is 5.91 Å². The number of unbranched alkanes of at least 4 members (excludes halogenated alkanes) is 45. The van der Waals surface area contributed by atoms with Crippen molar-refractivity contribution in [2.75, 3.05) is 6.61 Å². The highest BCUT2D eigenvalue weighted by Crippen LogP contribution is 2.18. The Morgan fingerprint density at radius 3 is 0.873 bits per heavy atom. The first-order valence-electron chi connectivity index (χ1n) is 29.1. The van der Waals surface area contributed by atoms with Crippen molar-refractivity contribution in [2.45, 2.75) is 341 Å². The molecule has 0 rings (SSSR count). The van der Waals surface area contributed by atoms with Crippen LogP contribution in [-0.2, 0) is 4.79 Å². The van der Waals surface area contributed by atoms with E-state index < -0.39 is 12.1 Å². The van der Waals surface area contributed by atoms with Crippen molar-refractivity contribution in [2.24, 2.45) is 0 Å². The van der Waals surface area contributed by atoms with Crippen LogP contribution in [-0.4, -0.2) is 34.9 Å². The summed E-state index contributed by atoms with van der Waals surface area (Å²) in [6.07, 6.45) is 73.5. The van der Waals surface area contributed by atoms with E-state index in [2.05, 4.69) is 31.3 Å². The number of rotatable bonds is 54. The molecule has 0 aliphatic heterocycles. The normalized spacial score (nSPS) is 12.9. The highest BCUT2D eigenvalue weighted by atomic mass is 16.3.